The number of hydrogen-bond acceptors (Lipinski definition) is 3. The van der Waals surface area contributed by atoms with Gasteiger partial charge in [-0.05, 0) is 0 Å². The van der Waals surface area contributed by atoms with Gasteiger partial charge in [-0.1, -0.05) is 0 Å². The normalized spacial score (nSPS) is 11.8. The van der Waals surface area contributed by atoms with Crippen LogP contribution in [0, 0.1) is 0 Å². The Morgan fingerprint density at radius 3 is 1.94 bits per heavy atom. The van der Waals surface area contributed by atoms with Crippen molar-refractivity contribution in [1.29, 1.82) is 0 Å². The van der Waals surface area contributed by atoms with Crippen LogP contribution >= 0.6 is 0 Å². The molecule has 0 aliphatic carbocycles. The molecule has 0 unspecified atom stereocenters. The molecule has 0 bridgehead atoms. The van der Waals surface area contributed by atoms with Crippen molar-refractivity contribution in [3.05, 3.63) is 58.8 Å². The van der Waals surface area contributed by atoms with Crippen molar-refractivity contribution in [1.82, 2.24) is 0 Å². The van der Waals surface area contributed by atoms with Gasteiger partial charge in [0.05, 0.1) is 0 Å². The number of phenols is 1. The molecular formula is C27H36O3Sn. The molecule has 1 heterocycles. The molecule has 1 aromatic heterocycles. The van der Waals surface area contributed by atoms with Gasteiger partial charge in [0.2, 0.25) is 0 Å². The average Bonchev–Trinajstić information content (AvgIpc) is 2.79. The second-order valence-electron chi connectivity index (χ2n) is 8.82. The van der Waals surface area contributed by atoms with E-state index >= 15 is 0 Å². The van der Waals surface area contributed by atoms with Crippen molar-refractivity contribution < 1.29 is 9.52 Å². The molecule has 1 N–H and O–H groups in total. The fourth-order valence-corrected chi connectivity index (χ4v) is 20.6. The van der Waals surface area contributed by atoms with E-state index in [1.807, 2.05) is 6.07 Å². The zero-order valence-electron chi connectivity index (χ0n) is 19.2. The summed E-state index contributed by atoms with van der Waals surface area (Å²) in [5, 5.41) is 10.2. The molecule has 0 radical (unpaired) electrons. The van der Waals surface area contributed by atoms with E-state index in [0.29, 0.717) is 16.7 Å². The van der Waals surface area contributed by atoms with Gasteiger partial charge >= 0.3 is 191 Å². The zero-order valence-corrected chi connectivity index (χ0v) is 22.1. The van der Waals surface area contributed by atoms with Crippen molar-refractivity contribution in [3.63, 3.8) is 0 Å². The summed E-state index contributed by atoms with van der Waals surface area (Å²) >= 11 is -2.59. The van der Waals surface area contributed by atoms with Crippen molar-refractivity contribution in [3.8, 4) is 17.1 Å². The molecule has 3 nitrogen and oxygen atoms in total. The fraction of sp³-hybridized carbons (Fsp3) is 0.444. The number of hydrogen-bond donors (Lipinski definition) is 1. The van der Waals surface area contributed by atoms with E-state index in [0.717, 1.165) is 5.56 Å². The van der Waals surface area contributed by atoms with Gasteiger partial charge in [0.25, 0.3) is 0 Å². The summed E-state index contributed by atoms with van der Waals surface area (Å²) in [5.41, 5.74) is 1.47. The van der Waals surface area contributed by atoms with Gasteiger partial charge < -0.3 is 0 Å². The van der Waals surface area contributed by atoms with Gasteiger partial charge in [-0.3, -0.25) is 0 Å². The van der Waals surface area contributed by atoms with Crippen LogP contribution in [-0.2, 0) is 0 Å². The Labute approximate surface area is 190 Å². The van der Waals surface area contributed by atoms with Gasteiger partial charge in [-0.2, -0.15) is 0 Å². The SMILES string of the molecule is CCC[CH2][Sn]([CH2]CCC)([CH2]CCC)[c]1ccc2oc(-c3ccc(O)cc3)cc(=O)c2c1. The molecule has 2 aromatic carbocycles. The first kappa shape index (κ1) is 23.9. The summed E-state index contributed by atoms with van der Waals surface area (Å²) in [5.74, 6) is 0.745. The zero-order chi connectivity index (χ0) is 22.3. The monoisotopic (exact) mass is 528 g/mol. The minimum atomic E-state index is -2.59. The molecule has 0 atom stereocenters. The third kappa shape index (κ3) is 5.74. The van der Waals surface area contributed by atoms with Gasteiger partial charge in [0.15, 0.2) is 0 Å². The molecule has 0 aliphatic heterocycles. The van der Waals surface area contributed by atoms with Crippen LogP contribution in [0.25, 0.3) is 22.3 Å². The van der Waals surface area contributed by atoms with Gasteiger partial charge in [-0.25, -0.2) is 0 Å². The third-order valence-corrected chi connectivity index (χ3v) is 22.1. The topological polar surface area (TPSA) is 50.4 Å². The molecule has 3 rings (SSSR count). The predicted molar refractivity (Wildman–Crippen MR) is 134 cm³/mol. The van der Waals surface area contributed by atoms with E-state index in [2.05, 4.69) is 32.9 Å². The quantitative estimate of drug-likeness (QED) is 0.268. The van der Waals surface area contributed by atoms with E-state index < -0.39 is 18.4 Å². The maximum absolute atomic E-state index is 13.1. The summed E-state index contributed by atoms with van der Waals surface area (Å²) < 4.78 is 11.8. The summed E-state index contributed by atoms with van der Waals surface area (Å²) in [6.07, 6.45) is 7.62. The maximum atomic E-state index is 13.1. The molecule has 0 saturated carbocycles. The molecule has 3 aromatic rings. The summed E-state index contributed by atoms with van der Waals surface area (Å²) in [7, 11) is 0. The van der Waals surface area contributed by atoms with Crippen molar-refractivity contribution in [2.75, 3.05) is 0 Å². The van der Waals surface area contributed by atoms with E-state index in [4.69, 9.17) is 4.42 Å². The Morgan fingerprint density at radius 1 is 0.806 bits per heavy atom. The second kappa shape index (κ2) is 11.2. The average molecular weight is 527 g/mol. The molecule has 0 amide bonds. The Morgan fingerprint density at radius 2 is 1.39 bits per heavy atom. The van der Waals surface area contributed by atoms with Crippen molar-refractivity contribution >= 4 is 32.9 Å². The van der Waals surface area contributed by atoms with Crippen molar-refractivity contribution in [2.45, 2.75) is 72.6 Å². The van der Waals surface area contributed by atoms with Gasteiger partial charge in [-0.15, -0.1) is 0 Å². The Hall–Kier alpha value is -1.75. The Kier molecular flexibility index (Phi) is 8.65. The molecule has 4 heteroatoms. The second-order valence-corrected chi connectivity index (χ2v) is 22.1. The Bertz CT molecular complexity index is 1010. The summed E-state index contributed by atoms with van der Waals surface area (Å²) in [4.78, 5) is 13.1. The van der Waals surface area contributed by atoms with Crippen molar-refractivity contribution in [2.24, 2.45) is 0 Å². The fourth-order valence-electron chi connectivity index (χ4n) is 4.61. The first-order valence-corrected chi connectivity index (χ1v) is 19.4. The van der Waals surface area contributed by atoms with Crippen LogP contribution in [0.15, 0.2) is 57.7 Å². The minimum absolute atomic E-state index is 0.0211. The molecule has 166 valence electrons. The number of unbranched alkanes of at least 4 members (excludes halogenated alkanes) is 3. The van der Waals surface area contributed by atoms with E-state index in [1.165, 1.54) is 55.4 Å². The van der Waals surface area contributed by atoms with Crippen LogP contribution in [0.2, 0.25) is 13.3 Å². The third-order valence-electron chi connectivity index (χ3n) is 6.52. The van der Waals surface area contributed by atoms with Gasteiger partial charge in [0, 0.05) is 0 Å². The Balaban J connectivity index is 2.07. The van der Waals surface area contributed by atoms with E-state index in [9.17, 15) is 9.90 Å². The van der Waals surface area contributed by atoms with Crippen LogP contribution < -0.4 is 9.01 Å². The molecule has 0 spiro atoms. The number of rotatable bonds is 11. The number of fused-ring (bicyclic) bond motifs is 1. The van der Waals surface area contributed by atoms with Crippen LogP contribution in [0.3, 0.4) is 0 Å². The molecule has 31 heavy (non-hydrogen) atoms. The van der Waals surface area contributed by atoms with E-state index in [-0.39, 0.29) is 11.2 Å². The van der Waals surface area contributed by atoms with Gasteiger partial charge in [0.1, 0.15) is 0 Å². The number of phenolic OH excluding ortho intramolecular Hbond substituents is 1. The van der Waals surface area contributed by atoms with Crippen LogP contribution in [0.5, 0.6) is 5.75 Å². The van der Waals surface area contributed by atoms with Crippen LogP contribution in [0.4, 0.5) is 0 Å². The van der Waals surface area contributed by atoms with Crippen LogP contribution in [-0.4, -0.2) is 23.5 Å². The summed E-state index contributed by atoms with van der Waals surface area (Å²) in [6, 6.07) is 14.9. The first-order chi connectivity index (χ1) is 15.0. The summed E-state index contributed by atoms with van der Waals surface area (Å²) in [6.45, 7) is 6.86. The standard InChI is InChI=1S/C15H9O3.3C4H9.Sn/c16-11-7-5-10(6-8-11)15-9-13(17)12-3-1-2-4-14(12)18-15;3*1-3-4-2;/h2-9,16H;3*1,3-4H2,2H3;. The van der Waals surface area contributed by atoms with Crippen LogP contribution in [0.1, 0.15) is 59.3 Å². The molecular weight excluding hydrogens is 491 g/mol. The predicted octanol–water partition coefficient (Wildman–Crippen LogP) is 7.22. The number of aromatic hydroxyl groups is 1. The molecule has 0 aliphatic rings. The molecule has 0 saturated heterocycles. The number of benzene rings is 2. The van der Waals surface area contributed by atoms with E-state index in [1.54, 1.807) is 30.3 Å². The first-order valence-electron chi connectivity index (χ1n) is 11.9. The molecule has 0 fully saturated rings.